The van der Waals surface area contributed by atoms with Crippen molar-refractivity contribution < 1.29 is 0 Å². The van der Waals surface area contributed by atoms with Crippen LogP contribution in [0.4, 0.5) is 0 Å². The van der Waals surface area contributed by atoms with Gasteiger partial charge in [-0.05, 0) is 36.9 Å². The van der Waals surface area contributed by atoms with Gasteiger partial charge in [0, 0.05) is 4.90 Å². The van der Waals surface area contributed by atoms with Crippen molar-refractivity contribution in [1.29, 1.82) is 0 Å². The summed E-state index contributed by atoms with van der Waals surface area (Å²) in [5.74, 6) is 0. The van der Waals surface area contributed by atoms with Gasteiger partial charge in [0.25, 0.3) is 0 Å². The van der Waals surface area contributed by atoms with Crippen LogP contribution in [-0.2, 0) is 0 Å². The second-order valence-corrected chi connectivity index (χ2v) is 3.64. The maximum atomic E-state index is 5.39. The van der Waals surface area contributed by atoms with Crippen molar-refractivity contribution in [3.8, 4) is 0 Å². The van der Waals surface area contributed by atoms with Crippen LogP contribution in [0.1, 0.15) is 12.0 Å². The quantitative estimate of drug-likeness (QED) is 0.744. The van der Waals surface area contributed by atoms with Gasteiger partial charge in [-0.2, -0.15) is 0 Å². The van der Waals surface area contributed by atoms with Crippen molar-refractivity contribution in [1.82, 2.24) is 0 Å². The van der Waals surface area contributed by atoms with Crippen molar-refractivity contribution in [2.75, 3.05) is 12.8 Å². The highest BCUT2D eigenvalue weighted by Crippen LogP contribution is 2.16. The van der Waals surface area contributed by atoms with Crippen LogP contribution in [-0.4, -0.2) is 12.8 Å². The van der Waals surface area contributed by atoms with E-state index >= 15 is 0 Å². The first-order chi connectivity index (χ1) is 6.36. The number of nitrogens with two attached hydrogens (primary N) is 1. The summed E-state index contributed by atoms with van der Waals surface area (Å²) in [7, 11) is 0. The first-order valence-corrected chi connectivity index (χ1v) is 5.60. The van der Waals surface area contributed by atoms with Crippen molar-refractivity contribution in [2.24, 2.45) is 5.73 Å². The molecule has 0 aliphatic rings. The van der Waals surface area contributed by atoms with Crippen LogP contribution in [0.15, 0.2) is 35.2 Å². The lowest BCUT2D eigenvalue weighted by atomic mass is 10.2. The van der Waals surface area contributed by atoms with Crippen LogP contribution >= 0.6 is 11.8 Å². The second kappa shape index (κ2) is 5.84. The average molecular weight is 193 g/mol. The van der Waals surface area contributed by atoms with E-state index in [1.165, 1.54) is 10.5 Å². The third-order valence-electron chi connectivity index (χ3n) is 1.74. The van der Waals surface area contributed by atoms with E-state index in [2.05, 4.69) is 42.7 Å². The number of benzene rings is 1. The molecule has 0 bridgehead atoms. The summed E-state index contributed by atoms with van der Waals surface area (Å²) in [5.41, 5.74) is 6.64. The van der Waals surface area contributed by atoms with Crippen molar-refractivity contribution in [3.63, 3.8) is 0 Å². The number of rotatable bonds is 4. The smallest absolute Gasteiger partial charge is 0.00750 e. The first kappa shape index (κ1) is 10.4. The topological polar surface area (TPSA) is 26.0 Å². The molecule has 1 aromatic rings. The molecule has 0 aliphatic carbocycles. The van der Waals surface area contributed by atoms with Crippen molar-refractivity contribution in [3.05, 3.63) is 35.9 Å². The summed E-state index contributed by atoms with van der Waals surface area (Å²) < 4.78 is 0. The Kier molecular flexibility index (Phi) is 4.65. The van der Waals surface area contributed by atoms with Gasteiger partial charge in [0.15, 0.2) is 0 Å². The fourth-order valence-electron chi connectivity index (χ4n) is 1.06. The molecule has 0 saturated heterocycles. The minimum Gasteiger partial charge on any atom is -0.330 e. The van der Waals surface area contributed by atoms with E-state index in [1.807, 2.05) is 0 Å². The molecule has 0 radical (unpaired) electrons. The summed E-state index contributed by atoms with van der Waals surface area (Å²) in [6.07, 6.45) is 7.26. The predicted octanol–water partition coefficient (Wildman–Crippen LogP) is 2.77. The molecule has 0 aliphatic heterocycles. The van der Waals surface area contributed by atoms with E-state index in [1.54, 1.807) is 11.8 Å². The molecule has 0 fully saturated rings. The van der Waals surface area contributed by atoms with E-state index in [9.17, 15) is 0 Å². The van der Waals surface area contributed by atoms with Crippen LogP contribution in [0.3, 0.4) is 0 Å². The van der Waals surface area contributed by atoms with Crippen molar-refractivity contribution >= 4 is 17.8 Å². The van der Waals surface area contributed by atoms with E-state index in [-0.39, 0.29) is 0 Å². The van der Waals surface area contributed by atoms with E-state index < -0.39 is 0 Å². The van der Waals surface area contributed by atoms with Gasteiger partial charge < -0.3 is 5.73 Å². The third-order valence-corrected chi connectivity index (χ3v) is 2.46. The highest BCUT2D eigenvalue weighted by Gasteiger charge is 1.89. The summed E-state index contributed by atoms with van der Waals surface area (Å²) in [5, 5.41) is 0. The van der Waals surface area contributed by atoms with E-state index in [4.69, 9.17) is 5.73 Å². The van der Waals surface area contributed by atoms with Crippen LogP contribution in [0, 0.1) is 0 Å². The zero-order valence-electron chi connectivity index (χ0n) is 7.86. The van der Waals surface area contributed by atoms with Gasteiger partial charge in [0.2, 0.25) is 0 Å². The lowest BCUT2D eigenvalue weighted by Gasteiger charge is -1.97. The molecule has 0 heterocycles. The first-order valence-electron chi connectivity index (χ1n) is 4.37. The summed E-state index contributed by atoms with van der Waals surface area (Å²) in [6.45, 7) is 0.721. The fourth-order valence-corrected chi connectivity index (χ4v) is 1.53. The number of hydrogen-bond acceptors (Lipinski definition) is 2. The molecule has 2 N–H and O–H groups in total. The summed E-state index contributed by atoms with van der Waals surface area (Å²) in [6, 6.07) is 8.48. The van der Waals surface area contributed by atoms with Gasteiger partial charge in [-0.25, -0.2) is 0 Å². The van der Waals surface area contributed by atoms with Gasteiger partial charge in [-0.1, -0.05) is 24.3 Å². The molecule has 0 atom stereocenters. The van der Waals surface area contributed by atoms with Crippen LogP contribution in [0.25, 0.3) is 6.08 Å². The molecule has 0 spiro atoms. The Morgan fingerprint density at radius 2 is 2.31 bits per heavy atom. The lowest BCUT2D eigenvalue weighted by Crippen LogP contribution is -1.94. The van der Waals surface area contributed by atoms with E-state index in [0.29, 0.717) is 0 Å². The normalized spacial score (nSPS) is 10.9. The van der Waals surface area contributed by atoms with Crippen LogP contribution in [0.5, 0.6) is 0 Å². The molecule has 1 aromatic carbocycles. The largest absolute Gasteiger partial charge is 0.330 e. The minimum atomic E-state index is 0.721. The standard InChI is InChI=1S/C11H15NS/c1-13-11-7-4-6-10(9-11)5-2-3-8-12/h2,4-7,9H,3,8,12H2,1H3. The Balaban J connectivity index is 2.66. The molecule has 0 unspecified atom stereocenters. The minimum absolute atomic E-state index is 0.721. The predicted molar refractivity (Wildman–Crippen MR) is 60.9 cm³/mol. The maximum Gasteiger partial charge on any atom is 0.00750 e. The number of thioether (sulfide) groups is 1. The zero-order chi connectivity index (χ0) is 9.52. The molecule has 0 aromatic heterocycles. The molecule has 1 nitrogen and oxygen atoms in total. The summed E-state index contributed by atoms with van der Waals surface area (Å²) in [4.78, 5) is 1.30. The van der Waals surface area contributed by atoms with Gasteiger partial charge in [-0.3, -0.25) is 0 Å². The third kappa shape index (κ3) is 3.66. The molecule has 13 heavy (non-hydrogen) atoms. The Bertz CT molecular complexity index is 281. The molecule has 1 rings (SSSR count). The van der Waals surface area contributed by atoms with Crippen molar-refractivity contribution in [2.45, 2.75) is 11.3 Å². The molecule has 2 heteroatoms. The lowest BCUT2D eigenvalue weighted by molar-refractivity contribution is 1.01. The number of hydrogen-bond donors (Lipinski definition) is 1. The van der Waals surface area contributed by atoms with Gasteiger partial charge >= 0.3 is 0 Å². The fraction of sp³-hybridized carbons (Fsp3) is 0.273. The highest BCUT2D eigenvalue weighted by atomic mass is 32.2. The Morgan fingerprint density at radius 3 is 3.00 bits per heavy atom. The molecule has 0 amide bonds. The summed E-state index contributed by atoms with van der Waals surface area (Å²) >= 11 is 1.76. The van der Waals surface area contributed by atoms with E-state index in [0.717, 1.165) is 13.0 Å². The average Bonchev–Trinajstić information content (AvgIpc) is 2.19. The molecular formula is C11H15NS. The van der Waals surface area contributed by atoms with Gasteiger partial charge in [0.05, 0.1) is 0 Å². The molecule has 70 valence electrons. The van der Waals surface area contributed by atoms with Gasteiger partial charge in [0.1, 0.15) is 0 Å². The Labute approximate surface area is 84.0 Å². The SMILES string of the molecule is CSc1cccc(C=CCCN)c1. The highest BCUT2D eigenvalue weighted by molar-refractivity contribution is 7.98. The Hall–Kier alpha value is -0.730. The maximum absolute atomic E-state index is 5.39. The van der Waals surface area contributed by atoms with Gasteiger partial charge in [-0.15, -0.1) is 11.8 Å². The Morgan fingerprint density at radius 1 is 1.46 bits per heavy atom. The monoisotopic (exact) mass is 193 g/mol. The van der Waals surface area contributed by atoms with Crippen LogP contribution in [0.2, 0.25) is 0 Å². The molecule has 0 saturated carbocycles. The van der Waals surface area contributed by atoms with Crippen LogP contribution < -0.4 is 5.73 Å². The zero-order valence-corrected chi connectivity index (χ0v) is 8.68. The molecular weight excluding hydrogens is 178 g/mol. The second-order valence-electron chi connectivity index (χ2n) is 2.76.